The number of aliphatic hydroxyl groups excluding tert-OH is 3. The SMILES string of the molecule is CCCCC/C=C\C\C=C/C=C/C=C/[C@@H](SC[C@H](N)C(=O)O[C@H](COC(=O)CCCCCCCCCCC(C)CC)COP(=O)(O)OP(=O)(O)OC[C@H]1O[C@@H](n2ccc(N)nc2=O)[C@H](O)[C@@H]1O)[C@@H](O)CCCC(=O)O. The van der Waals surface area contributed by atoms with Crippen LogP contribution >= 0.6 is 27.4 Å². The molecular formula is C50H84N4O18P2S. The minimum Gasteiger partial charge on any atom is -0.481 e. The number of phosphoric ester groups is 2. The molecule has 0 aliphatic carbocycles. The van der Waals surface area contributed by atoms with Crippen LogP contribution in [0.15, 0.2) is 65.7 Å². The number of ether oxygens (including phenoxy) is 3. The lowest BCUT2D eigenvalue weighted by atomic mass is 9.99. The van der Waals surface area contributed by atoms with Gasteiger partial charge in [-0.1, -0.05) is 140 Å². The Kier molecular flexibility index (Phi) is 34.3. The number of carboxylic acids is 1. The van der Waals surface area contributed by atoms with Crippen LogP contribution in [0.1, 0.15) is 149 Å². The number of aliphatic hydroxyl groups is 3. The van der Waals surface area contributed by atoms with Crippen LogP contribution in [0.25, 0.3) is 0 Å². The van der Waals surface area contributed by atoms with Gasteiger partial charge in [0.25, 0.3) is 0 Å². The summed E-state index contributed by atoms with van der Waals surface area (Å²) in [5, 5.41) is 40.5. The van der Waals surface area contributed by atoms with Crippen molar-refractivity contribution < 1.29 is 81.3 Å². The second kappa shape index (κ2) is 38.1. The maximum absolute atomic E-state index is 13.4. The minimum absolute atomic E-state index is 0.0235. The van der Waals surface area contributed by atoms with Crippen LogP contribution in [0.3, 0.4) is 0 Å². The van der Waals surface area contributed by atoms with E-state index in [1.807, 2.05) is 18.2 Å². The number of carboxylic acid groups (broad SMARTS) is 1. The molecule has 1 aliphatic rings. The molecule has 2 rings (SSSR count). The third-order valence-electron chi connectivity index (χ3n) is 12.0. The molecule has 0 aromatic carbocycles. The molecule has 1 aromatic rings. The first-order valence-electron chi connectivity index (χ1n) is 26.0. The summed E-state index contributed by atoms with van der Waals surface area (Å²) in [5.74, 6) is -2.29. The third kappa shape index (κ3) is 30.3. The molecule has 0 radical (unpaired) electrons. The highest BCUT2D eigenvalue weighted by molar-refractivity contribution is 8.00. The van der Waals surface area contributed by atoms with Crippen LogP contribution in [-0.4, -0.2) is 125 Å². The Bertz CT molecular complexity index is 2090. The van der Waals surface area contributed by atoms with E-state index < -0.39 is 107 Å². The number of nitrogen functional groups attached to an aromatic ring is 1. The molecule has 2 heterocycles. The summed E-state index contributed by atoms with van der Waals surface area (Å²) in [7, 11) is -11.1. The van der Waals surface area contributed by atoms with Gasteiger partial charge in [0.05, 0.1) is 19.3 Å². The van der Waals surface area contributed by atoms with E-state index in [2.05, 4.69) is 42.2 Å². The summed E-state index contributed by atoms with van der Waals surface area (Å²) < 4.78 is 57.0. The van der Waals surface area contributed by atoms with Gasteiger partial charge in [-0.2, -0.15) is 9.29 Å². The number of aromatic nitrogens is 2. The highest BCUT2D eigenvalue weighted by atomic mass is 32.2. The van der Waals surface area contributed by atoms with Gasteiger partial charge in [-0.05, 0) is 50.5 Å². The van der Waals surface area contributed by atoms with Crippen molar-refractivity contribution in [1.29, 1.82) is 0 Å². The number of esters is 2. The maximum Gasteiger partial charge on any atom is 0.481 e. The van der Waals surface area contributed by atoms with Gasteiger partial charge in [0.1, 0.15) is 36.8 Å². The predicted molar refractivity (Wildman–Crippen MR) is 285 cm³/mol. The number of aliphatic carboxylic acids is 1. The summed E-state index contributed by atoms with van der Waals surface area (Å²) in [5.41, 5.74) is 10.8. The first-order valence-corrected chi connectivity index (χ1v) is 30.0. The molecule has 0 amide bonds. The Balaban J connectivity index is 2.08. The number of nitrogens with two attached hydrogens (primary N) is 2. The Labute approximate surface area is 445 Å². The molecule has 428 valence electrons. The number of phosphoric acid groups is 2. The van der Waals surface area contributed by atoms with Crippen molar-refractivity contribution >= 4 is 51.1 Å². The molecule has 1 saturated heterocycles. The van der Waals surface area contributed by atoms with E-state index in [-0.39, 0.29) is 37.3 Å². The Morgan fingerprint density at radius 3 is 2.23 bits per heavy atom. The van der Waals surface area contributed by atoms with Gasteiger partial charge in [0.15, 0.2) is 12.3 Å². The van der Waals surface area contributed by atoms with Crippen LogP contribution in [0, 0.1) is 5.92 Å². The number of carbonyl (C=O) groups excluding carboxylic acids is 2. The van der Waals surface area contributed by atoms with Crippen molar-refractivity contribution in [3.8, 4) is 0 Å². The van der Waals surface area contributed by atoms with Gasteiger partial charge in [0.2, 0.25) is 0 Å². The molecule has 75 heavy (non-hydrogen) atoms. The third-order valence-corrected chi connectivity index (χ3v) is 16.0. The monoisotopic (exact) mass is 1120 g/mol. The number of carbonyl (C=O) groups is 3. The summed E-state index contributed by atoms with van der Waals surface area (Å²) in [6, 6.07) is -0.161. The van der Waals surface area contributed by atoms with E-state index in [0.717, 1.165) is 86.2 Å². The molecule has 0 spiro atoms. The largest absolute Gasteiger partial charge is 0.481 e. The van der Waals surface area contributed by atoms with E-state index in [9.17, 15) is 53.4 Å². The lowest BCUT2D eigenvalue weighted by Crippen LogP contribution is -2.40. The molecule has 25 heteroatoms. The second-order valence-electron chi connectivity index (χ2n) is 18.5. The summed E-state index contributed by atoms with van der Waals surface area (Å²) in [6.07, 6.45) is 22.7. The smallest absolute Gasteiger partial charge is 0.481 e. The zero-order chi connectivity index (χ0) is 55.7. The fourth-order valence-corrected chi connectivity index (χ4v) is 10.6. The van der Waals surface area contributed by atoms with Crippen molar-refractivity contribution in [3.05, 3.63) is 71.4 Å². The molecule has 3 unspecified atom stereocenters. The van der Waals surface area contributed by atoms with Crippen LogP contribution in [0.5, 0.6) is 0 Å². The van der Waals surface area contributed by atoms with Crippen molar-refractivity contribution in [2.45, 2.75) is 191 Å². The van der Waals surface area contributed by atoms with Crippen molar-refractivity contribution in [2.75, 3.05) is 31.3 Å². The molecule has 1 aliphatic heterocycles. The van der Waals surface area contributed by atoms with E-state index in [1.165, 1.54) is 38.2 Å². The van der Waals surface area contributed by atoms with Crippen LogP contribution in [0.4, 0.5) is 5.82 Å². The Morgan fingerprint density at radius 2 is 1.55 bits per heavy atom. The molecular weight excluding hydrogens is 1040 g/mol. The van der Waals surface area contributed by atoms with Gasteiger partial charge in [-0.3, -0.25) is 28.0 Å². The van der Waals surface area contributed by atoms with Gasteiger partial charge in [-0.15, -0.1) is 11.8 Å². The summed E-state index contributed by atoms with van der Waals surface area (Å²) >= 11 is 1.09. The Hall–Kier alpha value is -3.54. The van der Waals surface area contributed by atoms with Crippen molar-refractivity contribution in [2.24, 2.45) is 11.7 Å². The number of allylic oxidation sites excluding steroid dienone is 7. The summed E-state index contributed by atoms with van der Waals surface area (Å²) in [6.45, 7) is 3.89. The molecule has 10 N–H and O–H groups in total. The lowest BCUT2D eigenvalue weighted by Gasteiger charge is -2.23. The zero-order valence-corrected chi connectivity index (χ0v) is 46.3. The molecule has 1 aromatic heterocycles. The van der Waals surface area contributed by atoms with Crippen molar-refractivity contribution in [3.63, 3.8) is 0 Å². The Morgan fingerprint density at radius 1 is 0.867 bits per heavy atom. The molecule has 11 atom stereocenters. The number of unbranched alkanes of at least 4 members (excludes halogenated alkanes) is 10. The minimum atomic E-state index is -5.58. The van der Waals surface area contributed by atoms with Crippen LogP contribution in [0.2, 0.25) is 0 Å². The fraction of sp³-hybridized carbons (Fsp3) is 0.700. The molecule has 0 bridgehead atoms. The van der Waals surface area contributed by atoms with Crippen LogP contribution < -0.4 is 17.2 Å². The average molecular weight is 1120 g/mol. The average Bonchev–Trinajstić information content (AvgIpc) is 3.63. The predicted octanol–water partition coefficient (Wildman–Crippen LogP) is 7.34. The van der Waals surface area contributed by atoms with Crippen LogP contribution in [-0.2, 0) is 51.1 Å². The van der Waals surface area contributed by atoms with Gasteiger partial charge in [-0.25, -0.2) is 13.9 Å². The number of rotatable bonds is 42. The van der Waals surface area contributed by atoms with E-state index in [1.54, 1.807) is 18.2 Å². The lowest BCUT2D eigenvalue weighted by molar-refractivity contribution is -0.161. The second-order valence-corrected chi connectivity index (χ2v) is 22.7. The van der Waals surface area contributed by atoms with E-state index in [4.69, 9.17) is 39.8 Å². The molecule has 1 fully saturated rings. The number of anilines is 1. The number of nitrogens with zero attached hydrogens (tertiary/aromatic N) is 2. The normalized spacial score (nSPS) is 20.8. The molecule has 22 nitrogen and oxygen atoms in total. The van der Waals surface area contributed by atoms with Gasteiger partial charge >= 0.3 is 39.2 Å². The van der Waals surface area contributed by atoms with E-state index in [0.29, 0.717) is 6.42 Å². The highest BCUT2D eigenvalue weighted by Crippen LogP contribution is 2.60. The van der Waals surface area contributed by atoms with Gasteiger partial charge < -0.3 is 55.9 Å². The number of thioether (sulfide) groups is 1. The number of hydrogen-bond donors (Lipinski definition) is 8. The maximum atomic E-state index is 13.4. The standard InChI is InChI=1S/C50H84N4O18P2S/c1-4-6-7-8-9-10-11-12-13-17-20-23-28-42(40(55)27-25-29-44(56)57)75-36-39(51)49(61)70-38(33-67-45(58)30-24-21-18-15-14-16-19-22-26-37(3)5-2)34-68-73(63,64)72-74(65,66)69-35-41-46(59)47(60)48(71-41)54-32-31-43(52)53-50(54)62/h9-10,12-13,17,20,23,28,31-32,37-42,46-48,55,59-60H,4-8,11,14-16,18-19,21-22,24-27,29-30,33-36,51H2,1-3H3,(H,56,57)(H,63,64)(H,65,66)(H2,52,53,62)/b10-9-,13-12-,20-17+,28-23+/t37?,38-,39+,40+,41-,42-,46-,47-,48-/m1/s1. The van der Waals surface area contributed by atoms with Gasteiger partial charge in [0, 0.05) is 30.0 Å². The number of hydrogen-bond acceptors (Lipinski definition) is 19. The summed E-state index contributed by atoms with van der Waals surface area (Å²) in [4.78, 5) is 73.9. The molecule has 0 saturated carbocycles. The van der Waals surface area contributed by atoms with E-state index >= 15 is 0 Å². The fourth-order valence-electron chi connectivity index (χ4n) is 7.36. The quantitative estimate of drug-likeness (QED) is 0.0104. The first-order chi connectivity index (χ1) is 35.7. The topological polar surface area (TPSA) is 349 Å². The first kappa shape index (κ1) is 67.6. The highest BCUT2D eigenvalue weighted by Gasteiger charge is 2.46. The zero-order valence-electron chi connectivity index (χ0n) is 43.7. The van der Waals surface area contributed by atoms with Crippen molar-refractivity contribution in [1.82, 2.24) is 9.55 Å².